The molecule has 0 atom stereocenters. The maximum Gasteiger partial charge on any atom is 0.238 e. The van der Waals surface area contributed by atoms with Crippen LogP contribution in [0.3, 0.4) is 0 Å². The van der Waals surface area contributed by atoms with E-state index >= 15 is 0 Å². The minimum atomic E-state index is 0.0203. The van der Waals surface area contributed by atoms with E-state index in [9.17, 15) is 4.79 Å². The number of carbonyl (C=O) groups excluding carboxylic acids is 1. The number of para-hydroxylation sites is 1. The van der Waals surface area contributed by atoms with Gasteiger partial charge in [0, 0.05) is 5.69 Å². The third-order valence-electron chi connectivity index (χ3n) is 2.90. The highest BCUT2D eigenvalue weighted by molar-refractivity contribution is 5.93. The summed E-state index contributed by atoms with van der Waals surface area (Å²) < 4.78 is 0. The van der Waals surface area contributed by atoms with E-state index in [0.717, 1.165) is 29.8 Å². The fourth-order valence-electron chi connectivity index (χ4n) is 1.88. The normalized spacial score (nSPS) is 10.7. The van der Waals surface area contributed by atoms with Crippen molar-refractivity contribution in [3.63, 3.8) is 0 Å². The van der Waals surface area contributed by atoms with Crippen LogP contribution >= 0.6 is 0 Å². The highest BCUT2D eigenvalue weighted by Gasteiger charge is 2.09. The van der Waals surface area contributed by atoms with Crippen molar-refractivity contribution in [1.82, 2.24) is 4.90 Å². The van der Waals surface area contributed by atoms with E-state index in [1.165, 1.54) is 0 Å². The first-order valence-corrected chi connectivity index (χ1v) is 6.29. The average Bonchev–Trinajstić information content (AvgIpc) is 2.31. The van der Waals surface area contributed by atoms with Gasteiger partial charge in [-0.3, -0.25) is 9.69 Å². The number of nitrogens with two attached hydrogens (primary N) is 1. The Morgan fingerprint density at radius 1 is 1.33 bits per heavy atom. The number of rotatable bonds is 6. The van der Waals surface area contributed by atoms with Crippen molar-refractivity contribution >= 4 is 11.6 Å². The molecule has 0 aliphatic rings. The van der Waals surface area contributed by atoms with Gasteiger partial charge in [-0.25, -0.2) is 0 Å². The summed E-state index contributed by atoms with van der Waals surface area (Å²) in [7, 11) is 1.93. The van der Waals surface area contributed by atoms with Crippen LogP contribution < -0.4 is 11.1 Å². The zero-order valence-corrected chi connectivity index (χ0v) is 11.5. The van der Waals surface area contributed by atoms with Crippen LogP contribution in [0.4, 0.5) is 5.69 Å². The summed E-state index contributed by atoms with van der Waals surface area (Å²) in [4.78, 5) is 13.9. The monoisotopic (exact) mass is 249 g/mol. The second kappa shape index (κ2) is 7.13. The molecule has 0 heterocycles. The Morgan fingerprint density at radius 2 is 1.94 bits per heavy atom. The van der Waals surface area contributed by atoms with Gasteiger partial charge < -0.3 is 11.1 Å². The predicted molar refractivity (Wildman–Crippen MR) is 75.7 cm³/mol. The number of aryl methyl sites for hydroxylation is 2. The van der Waals surface area contributed by atoms with E-state index in [4.69, 9.17) is 5.73 Å². The van der Waals surface area contributed by atoms with E-state index in [-0.39, 0.29) is 5.91 Å². The molecule has 0 aliphatic heterocycles. The summed E-state index contributed by atoms with van der Waals surface area (Å²) >= 11 is 0. The van der Waals surface area contributed by atoms with E-state index in [1.54, 1.807) is 0 Å². The first-order chi connectivity index (χ1) is 8.54. The van der Waals surface area contributed by atoms with Gasteiger partial charge in [-0.2, -0.15) is 0 Å². The molecular weight excluding hydrogens is 226 g/mol. The number of nitrogens with one attached hydrogen (secondary N) is 1. The quantitative estimate of drug-likeness (QED) is 0.803. The van der Waals surface area contributed by atoms with Crippen LogP contribution in [0.2, 0.25) is 0 Å². The molecule has 0 saturated carbocycles. The Morgan fingerprint density at radius 3 is 2.50 bits per heavy atom. The molecule has 1 aromatic carbocycles. The molecule has 18 heavy (non-hydrogen) atoms. The van der Waals surface area contributed by atoms with Crippen molar-refractivity contribution in [2.45, 2.75) is 20.3 Å². The zero-order chi connectivity index (χ0) is 13.5. The largest absolute Gasteiger partial charge is 0.330 e. The van der Waals surface area contributed by atoms with Gasteiger partial charge in [0.1, 0.15) is 0 Å². The van der Waals surface area contributed by atoms with Gasteiger partial charge in [0.2, 0.25) is 5.91 Å². The minimum absolute atomic E-state index is 0.0203. The number of likely N-dealkylation sites (N-methyl/N-ethyl adjacent to an activating group) is 1. The van der Waals surface area contributed by atoms with Crippen molar-refractivity contribution in [2.75, 3.05) is 32.0 Å². The van der Waals surface area contributed by atoms with E-state index in [2.05, 4.69) is 5.32 Å². The topological polar surface area (TPSA) is 58.4 Å². The lowest BCUT2D eigenvalue weighted by molar-refractivity contribution is -0.117. The first-order valence-electron chi connectivity index (χ1n) is 6.29. The summed E-state index contributed by atoms with van der Waals surface area (Å²) in [5.74, 6) is 0.0203. The van der Waals surface area contributed by atoms with Crippen LogP contribution in [0, 0.1) is 13.8 Å². The third-order valence-corrected chi connectivity index (χ3v) is 2.90. The average molecular weight is 249 g/mol. The van der Waals surface area contributed by atoms with Crippen LogP contribution in [0.5, 0.6) is 0 Å². The third kappa shape index (κ3) is 4.47. The van der Waals surface area contributed by atoms with Gasteiger partial charge >= 0.3 is 0 Å². The number of benzene rings is 1. The first kappa shape index (κ1) is 14.7. The van der Waals surface area contributed by atoms with E-state index < -0.39 is 0 Å². The van der Waals surface area contributed by atoms with Crippen LogP contribution in [-0.4, -0.2) is 37.5 Å². The summed E-state index contributed by atoms with van der Waals surface area (Å²) in [5, 5.41) is 2.97. The molecule has 0 aliphatic carbocycles. The molecule has 0 radical (unpaired) electrons. The Hall–Kier alpha value is -1.39. The number of anilines is 1. The lowest BCUT2D eigenvalue weighted by Crippen LogP contribution is -2.32. The Balaban J connectivity index is 2.54. The summed E-state index contributed by atoms with van der Waals surface area (Å²) in [6.45, 7) is 5.90. The number of carbonyl (C=O) groups is 1. The molecule has 4 nitrogen and oxygen atoms in total. The molecule has 0 unspecified atom stereocenters. The molecule has 100 valence electrons. The summed E-state index contributed by atoms with van der Waals surface area (Å²) in [6, 6.07) is 6.00. The van der Waals surface area contributed by atoms with Crippen molar-refractivity contribution in [2.24, 2.45) is 5.73 Å². The van der Waals surface area contributed by atoms with Crippen LogP contribution in [-0.2, 0) is 4.79 Å². The van der Waals surface area contributed by atoms with Crippen LogP contribution in [0.1, 0.15) is 17.5 Å². The number of hydrogen-bond acceptors (Lipinski definition) is 3. The Kier molecular flexibility index (Phi) is 5.82. The van der Waals surface area contributed by atoms with Crippen LogP contribution in [0.15, 0.2) is 18.2 Å². The molecule has 4 heteroatoms. The lowest BCUT2D eigenvalue weighted by Gasteiger charge is -2.17. The predicted octanol–water partition coefficient (Wildman–Crippen LogP) is 1.52. The fraction of sp³-hybridized carbons (Fsp3) is 0.500. The standard InChI is InChI=1S/C14H23N3O/c1-11-6-4-7-12(2)14(11)16-13(18)10-17(3)9-5-8-15/h4,6-7H,5,8-10,15H2,1-3H3,(H,16,18). The van der Waals surface area contributed by atoms with Gasteiger partial charge in [0.15, 0.2) is 0 Å². The molecular formula is C14H23N3O. The lowest BCUT2D eigenvalue weighted by atomic mass is 10.1. The van der Waals surface area contributed by atoms with Gasteiger partial charge in [0.25, 0.3) is 0 Å². The van der Waals surface area contributed by atoms with Crippen molar-refractivity contribution in [3.05, 3.63) is 29.3 Å². The van der Waals surface area contributed by atoms with Crippen molar-refractivity contribution < 1.29 is 4.79 Å². The Labute approximate surface area is 109 Å². The minimum Gasteiger partial charge on any atom is -0.330 e. The maximum absolute atomic E-state index is 11.9. The van der Waals surface area contributed by atoms with Gasteiger partial charge in [-0.05, 0) is 51.5 Å². The number of nitrogens with zero attached hydrogens (tertiary/aromatic N) is 1. The molecule has 1 amide bonds. The molecule has 0 fully saturated rings. The molecule has 0 saturated heterocycles. The Bertz CT molecular complexity index is 384. The number of hydrogen-bond donors (Lipinski definition) is 2. The fourth-order valence-corrected chi connectivity index (χ4v) is 1.88. The molecule has 0 aromatic heterocycles. The molecule has 1 rings (SSSR count). The highest BCUT2D eigenvalue weighted by atomic mass is 16.2. The second-order valence-corrected chi connectivity index (χ2v) is 4.69. The molecule has 3 N–H and O–H groups in total. The highest BCUT2D eigenvalue weighted by Crippen LogP contribution is 2.19. The zero-order valence-electron chi connectivity index (χ0n) is 11.5. The van der Waals surface area contributed by atoms with Crippen molar-refractivity contribution in [3.8, 4) is 0 Å². The van der Waals surface area contributed by atoms with Gasteiger partial charge in [-0.1, -0.05) is 18.2 Å². The smallest absolute Gasteiger partial charge is 0.238 e. The molecule has 0 bridgehead atoms. The molecule has 1 aromatic rings. The summed E-state index contributed by atoms with van der Waals surface area (Å²) in [5.41, 5.74) is 8.55. The molecule has 0 spiro atoms. The van der Waals surface area contributed by atoms with Gasteiger partial charge in [0.05, 0.1) is 6.54 Å². The van der Waals surface area contributed by atoms with Crippen molar-refractivity contribution in [1.29, 1.82) is 0 Å². The SMILES string of the molecule is Cc1cccc(C)c1NC(=O)CN(C)CCCN. The summed E-state index contributed by atoms with van der Waals surface area (Å²) in [6.07, 6.45) is 0.910. The van der Waals surface area contributed by atoms with Gasteiger partial charge in [-0.15, -0.1) is 0 Å². The second-order valence-electron chi connectivity index (χ2n) is 4.69. The maximum atomic E-state index is 11.9. The van der Waals surface area contributed by atoms with E-state index in [0.29, 0.717) is 13.1 Å². The number of amides is 1. The van der Waals surface area contributed by atoms with E-state index in [1.807, 2.05) is 44.0 Å². The van der Waals surface area contributed by atoms with Crippen LogP contribution in [0.25, 0.3) is 0 Å².